The summed E-state index contributed by atoms with van der Waals surface area (Å²) in [5.41, 5.74) is 2.66. The van der Waals surface area contributed by atoms with Gasteiger partial charge in [-0.05, 0) is 32.0 Å². The fraction of sp³-hybridized carbons (Fsp3) is 0.304. The molecule has 2 aliphatic heterocycles. The third-order valence-electron chi connectivity index (χ3n) is 5.71. The number of fused-ring (bicyclic) bond motifs is 3. The molecule has 2 aromatic carbocycles. The number of rotatable bonds is 2. The highest BCUT2D eigenvalue weighted by molar-refractivity contribution is 7.90. The lowest BCUT2D eigenvalue weighted by Crippen LogP contribution is -2.48. The van der Waals surface area contributed by atoms with Crippen molar-refractivity contribution in [2.75, 3.05) is 13.1 Å². The molecule has 8 heteroatoms. The molecular formula is C23H23N3O4S. The molecule has 2 atom stereocenters. The molecule has 3 heterocycles. The summed E-state index contributed by atoms with van der Waals surface area (Å²) in [5, 5.41) is 4.67. The number of hydrogen-bond donors (Lipinski definition) is 0. The van der Waals surface area contributed by atoms with E-state index in [4.69, 9.17) is 4.74 Å². The molecule has 0 N–H and O–H groups in total. The van der Waals surface area contributed by atoms with Crippen LogP contribution in [0.3, 0.4) is 0 Å². The van der Waals surface area contributed by atoms with E-state index in [1.807, 2.05) is 44.2 Å². The van der Waals surface area contributed by atoms with Crippen LogP contribution in [0.15, 0.2) is 59.5 Å². The zero-order chi connectivity index (χ0) is 21.8. The van der Waals surface area contributed by atoms with Crippen molar-refractivity contribution in [3.05, 3.63) is 65.9 Å². The molecule has 0 radical (unpaired) electrons. The average molecular weight is 438 g/mol. The average Bonchev–Trinajstić information content (AvgIpc) is 3.12. The topological polar surface area (TPSA) is 81.5 Å². The van der Waals surface area contributed by atoms with E-state index < -0.39 is 9.84 Å². The molecule has 1 saturated heterocycles. The van der Waals surface area contributed by atoms with Gasteiger partial charge in [-0.15, -0.1) is 0 Å². The third kappa shape index (κ3) is 3.36. The van der Waals surface area contributed by atoms with Gasteiger partial charge in [-0.25, -0.2) is 13.1 Å². The molecule has 3 aromatic rings. The number of carbonyl (C=O) groups excluding carboxylic acids is 1. The van der Waals surface area contributed by atoms with Crippen LogP contribution in [0.1, 0.15) is 29.9 Å². The predicted molar refractivity (Wildman–Crippen MR) is 116 cm³/mol. The van der Waals surface area contributed by atoms with Gasteiger partial charge in [-0.3, -0.25) is 4.79 Å². The van der Waals surface area contributed by atoms with Gasteiger partial charge in [0.2, 0.25) is 0 Å². The summed E-state index contributed by atoms with van der Waals surface area (Å²) in [4.78, 5) is 15.5. The minimum atomic E-state index is -3.58. The number of nitrogens with zero attached hydrogens (tertiary/aromatic N) is 3. The van der Waals surface area contributed by atoms with Crippen molar-refractivity contribution in [1.82, 2.24) is 14.7 Å². The Morgan fingerprint density at radius 2 is 1.65 bits per heavy atom. The second kappa shape index (κ2) is 7.32. The Morgan fingerprint density at radius 1 is 1.00 bits per heavy atom. The molecule has 5 rings (SSSR count). The quantitative estimate of drug-likeness (QED) is 0.615. The lowest BCUT2D eigenvalue weighted by atomic mass is 10.0. The number of aromatic nitrogens is 2. The van der Waals surface area contributed by atoms with Crippen molar-refractivity contribution in [3.63, 3.8) is 0 Å². The lowest BCUT2D eigenvalue weighted by Gasteiger charge is -2.35. The van der Waals surface area contributed by atoms with Crippen LogP contribution in [-0.4, -0.2) is 54.3 Å². The Balaban J connectivity index is 1.72. The van der Waals surface area contributed by atoms with Crippen LogP contribution in [0, 0.1) is 0 Å². The maximum atomic E-state index is 13.5. The summed E-state index contributed by atoms with van der Waals surface area (Å²) in [7, 11) is -3.58. The zero-order valence-electron chi connectivity index (χ0n) is 17.4. The van der Waals surface area contributed by atoms with Crippen LogP contribution in [0.2, 0.25) is 0 Å². The van der Waals surface area contributed by atoms with E-state index in [0.717, 1.165) is 5.69 Å². The van der Waals surface area contributed by atoms with Gasteiger partial charge < -0.3 is 9.64 Å². The van der Waals surface area contributed by atoms with Crippen LogP contribution in [0.5, 0.6) is 0 Å². The Morgan fingerprint density at radius 3 is 2.35 bits per heavy atom. The second-order valence-electron chi connectivity index (χ2n) is 8.15. The van der Waals surface area contributed by atoms with Gasteiger partial charge in [0.25, 0.3) is 5.91 Å². The summed E-state index contributed by atoms with van der Waals surface area (Å²) in [6.45, 7) is 4.74. The summed E-state index contributed by atoms with van der Waals surface area (Å²) >= 11 is 0. The Bertz CT molecular complexity index is 1260. The molecule has 0 bridgehead atoms. The Kier molecular flexibility index (Phi) is 4.71. The number of ether oxygens (including phenoxy) is 1. The highest BCUT2D eigenvalue weighted by Crippen LogP contribution is 2.40. The maximum absolute atomic E-state index is 13.5. The van der Waals surface area contributed by atoms with Crippen molar-refractivity contribution in [1.29, 1.82) is 0 Å². The molecule has 1 amide bonds. The highest BCUT2D eigenvalue weighted by atomic mass is 32.2. The van der Waals surface area contributed by atoms with E-state index in [0.29, 0.717) is 29.9 Å². The molecule has 31 heavy (non-hydrogen) atoms. The van der Waals surface area contributed by atoms with E-state index in [-0.39, 0.29) is 34.5 Å². The van der Waals surface area contributed by atoms with Crippen LogP contribution < -0.4 is 0 Å². The Hall–Kier alpha value is -2.97. The third-order valence-corrected chi connectivity index (χ3v) is 7.40. The minimum absolute atomic E-state index is 0.0933. The SMILES string of the molecule is CC1CN(C(=O)c2nn(-c3ccccc3)c3c2CS(=O)(=O)c2ccccc2-3)CC(C)O1. The van der Waals surface area contributed by atoms with Crippen LogP contribution in [0.25, 0.3) is 16.9 Å². The van der Waals surface area contributed by atoms with Gasteiger partial charge in [-0.2, -0.15) is 5.10 Å². The summed E-state index contributed by atoms with van der Waals surface area (Å²) in [5.74, 6) is -0.509. The fourth-order valence-corrected chi connectivity index (χ4v) is 6.08. The molecule has 1 aromatic heterocycles. The van der Waals surface area contributed by atoms with Crippen LogP contribution in [-0.2, 0) is 20.3 Å². The van der Waals surface area contributed by atoms with Crippen molar-refractivity contribution in [2.24, 2.45) is 0 Å². The first-order valence-electron chi connectivity index (χ1n) is 10.3. The second-order valence-corrected chi connectivity index (χ2v) is 10.1. The number of carbonyl (C=O) groups is 1. The van der Waals surface area contributed by atoms with Gasteiger partial charge in [0.1, 0.15) is 0 Å². The van der Waals surface area contributed by atoms with E-state index >= 15 is 0 Å². The standard InChI is InChI=1S/C23H23N3O4S/c1-15-12-25(13-16(2)30-15)23(27)21-19-14-31(28,29)20-11-7-6-10-18(20)22(19)26(24-21)17-8-4-3-5-9-17/h3-11,15-16H,12-14H2,1-2H3. The van der Waals surface area contributed by atoms with Gasteiger partial charge >= 0.3 is 0 Å². The molecule has 0 saturated carbocycles. The fourth-order valence-electron chi connectivity index (χ4n) is 4.49. The van der Waals surface area contributed by atoms with Crippen molar-refractivity contribution in [3.8, 4) is 16.9 Å². The number of benzene rings is 2. The highest BCUT2D eigenvalue weighted by Gasteiger charge is 2.38. The largest absolute Gasteiger partial charge is 0.372 e. The van der Waals surface area contributed by atoms with E-state index in [1.165, 1.54) is 0 Å². The molecule has 7 nitrogen and oxygen atoms in total. The monoisotopic (exact) mass is 437 g/mol. The maximum Gasteiger partial charge on any atom is 0.274 e. The van der Waals surface area contributed by atoms with Gasteiger partial charge in [0, 0.05) is 24.2 Å². The number of hydrogen-bond acceptors (Lipinski definition) is 5. The molecule has 0 aliphatic carbocycles. The van der Waals surface area contributed by atoms with Gasteiger partial charge in [0.15, 0.2) is 15.5 Å². The smallest absolute Gasteiger partial charge is 0.274 e. The molecule has 1 fully saturated rings. The number of para-hydroxylation sites is 1. The molecular weight excluding hydrogens is 414 g/mol. The van der Waals surface area contributed by atoms with Gasteiger partial charge in [-0.1, -0.05) is 36.4 Å². The van der Waals surface area contributed by atoms with Crippen molar-refractivity contribution in [2.45, 2.75) is 36.7 Å². The normalized spacial score (nSPS) is 21.9. The zero-order valence-corrected chi connectivity index (χ0v) is 18.2. The van der Waals surface area contributed by atoms with E-state index in [9.17, 15) is 13.2 Å². The Labute approximate surface area is 181 Å². The van der Waals surface area contributed by atoms with E-state index in [2.05, 4.69) is 5.10 Å². The van der Waals surface area contributed by atoms with Crippen molar-refractivity contribution >= 4 is 15.7 Å². The minimum Gasteiger partial charge on any atom is -0.372 e. The number of amides is 1. The summed E-state index contributed by atoms with van der Waals surface area (Å²) < 4.78 is 33.6. The van der Waals surface area contributed by atoms with E-state index in [1.54, 1.807) is 33.8 Å². The van der Waals surface area contributed by atoms with Crippen LogP contribution in [0.4, 0.5) is 0 Å². The molecule has 2 aliphatic rings. The first-order chi connectivity index (χ1) is 14.8. The van der Waals surface area contributed by atoms with Crippen LogP contribution >= 0.6 is 0 Å². The summed E-state index contributed by atoms with van der Waals surface area (Å²) in [6, 6.07) is 16.4. The number of sulfone groups is 1. The van der Waals surface area contributed by atoms with Crippen molar-refractivity contribution < 1.29 is 17.9 Å². The lowest BCUT2D eigenvalue weighted by molar-refractivity contribution is -0.0587. The van der Waals surface area contributed by atoms with Gasteiger partial charge in [0.05, 0.1) is 34.2 Å². The first kappa shape index (κ1) is 20.0. The molecule has 2 unspecified atom stereocenters. The molecule has 0 spiro atoms. The predicted octanol–water partition coefficient (Wildman–Crippen LogP) is 3.08. The molecule has 160 valence electrons. The first-order valence-corrected chi connectivity index (χ1v) is 11.9. The number of morpholine rings is 1. The summed E-state index contributed by atoms with van der Waals surface area (Å²) in [6.07, 6.45) is -0.187.